The van der Waals surface area contributed by atoms with E-state index in [4.69, 9.17) is 9.26 Å². The molecule has 26 heavy (non-hydrogen) atoms. The fourth-order valence-electron chi connectivity index (χ4n) is 2.12. The monoisotopic (exact) mass is 371 g/mol. The lowest BCUT2D eigenvalue weighted by Gasteiger charge is -2.06. The molecular formula is C18H17N3O4S. The summed E-state index contributed by atoms with van der Waals surface area (Å²) in [4.78, 5) is 28.7. The first-order valence-corrected chi connectivity index (χ1v) is 8.87. The van der Waals surface area contributed by atoms with E-state index < -0.39 is 5.97 Å². The third-order valence-electron chi connectivity index (χ3n) is 3.45. The lowest BCUT2D eigenvalue weighted by atomic mass is 10.2. The second-order valence-electron chi connectivity index (χ2n) is 5.56. The number of carbonyl (C=O) groups excluding carboxylic acids is 2. The van der Waals surface area contributed by atoms with Gasteiger partial charge in [0.05, 0.1) is 11.3 Å². The molecule has 3 rings (SSSR count). The van der Waals surface area contributed by atoms with E-state index in [-0.39, 0.29) is 25.4 Å². The Morgan fingerprint density at radius 1 is 1.23 bits per heavy atom. The number of thiophene rings is 1. The Balaban J connectivity index is 1.40. The molecule has 2 aromatic heterocycles. The van der Waals surface area contributed by atoms with Crippen molar-refractivity contribution in [1.82, 2.24) is 10.1 Å². The smallest absolute Gasteiger partial charge is 0.306 e. The van der Waals surface area contributed by atoms with Gasteiger partial charge in [0.15, 0.2) is 6.61 Å². The summed E-state index contributed by atoms with van der Waals surface area (Å²) < 4.78 is 10.1. The standard InChI is InChI=1S/C18H17N3O4S/c1-12-4-6-13(7-5-12)19-15(22)11-24-17(23)9-8-16-20-18(21-25-16)14-3-2-10-26-14/h2-7,10H,8-9,11H2,1H3,(H,19,22). The Kier molecular flexibility index (Phi) is 5.75. The van der Waals surface area contributed by atoms with Gasteiger partial charge in [-0.2, -0.15) is 4.98 Å². The van der Waals surface area contributed by atoms with Crippen LogP contribution in [0.1, 0.15) is 17.9 Å². The minimum atomic E-state index is -0.500. The lowest BCUT2D eigenvalue weighted by molar-refractivity contribution is -0.147. The molecule has 0 saturated carbocycles. The highest BCUT2D eigenvalue weighted by Crippen LogP contribution is 2.21. The zero-order valence-corrected chi connectivity index (χ0v) is 14.9. The molecular weight excluding hydrogens is 354 g/mol. The van der Waals surface area contributed by atoms with Crippen LogP contribution < -0.4 is 5.32 Å². The molecule has 3 aromatic rings. The van der Waals surface area contributed by atoms with E-state index in [1.165, 1.54) is 11.3 Å². The van der Waals surface area contributed by atoms with Crippen LogP contribution in [0.3, 0.4) is 0 Å². The number of anilines is 1. The molecule has 0 fully saturated rings. The number of nitrogens with one attached hydrogen (secondary N) is 1. The lowest BCUT2D eigenvalue weighted by Crippen LogP contribution is -2.21. The number of carbonyl (C=O) groups is 2. The first-order valence-electron chi connectivity index (χ1n) is 7.99. The minimum absolute atomic E-state index is 0.0594. The molecule has 0 unspecified atom stereocenters. The molecule has 8 heteroatoms. The maximum Gasteiger partial charge on any atom is 0.306 e. The van der Waals surface area contributed by atoms with Crippen molar-refractivity contribution >= 4 is 28.9 Å². The van der Waals surface area contributed by atoms with Crippen molar-refractivity contribution < 1.29 is 18.8 Å². The highest BCUT2D eigenvalue weighted by molar-refractivity contribution is 7.13. The summed E-state index contributed by atoms with van der Waals surface area (Å²) >= 11 is 1.51. The van der Waals surface area contributed by atoms with Crippen molar-refractivity contribution in [3.05, 3.63) is 53.2 Å². The van der Waals surface area contributed by atoms with Gasteiger partial charge in [-0.25, -0.2) is 0 Å². The van der Waals surface area contributed by atoms with E-state index in [1.54, 1.807) is 12.1 Å². The van der Waals surface area contributed by atoms with E-state index in [1.807, 2.05) is 36.6 Å². The number of benzene rings is 1. The molecule has 0 aliphatic heterocycles. The summed E-state index contributed by atoms with van der Waals surface area (Å²) in [6.45, 7) is 1.62. The van der Waals surface area contributed by atoms with Crippen LogP contribution in [0.5, 0.6) is 0 Å². The predicted octanol–water partition coefficient (Wildman–Crippen LogP) is 3.22. The predicted molar refractivity (Wildman–Crippen MR) is 96.7 cm³/mol. The second kappa shape index (κ2) is 8.39. The van der Waals surface area contributed by atoms with Gasteiger partial charge in [0.2, 0.25) is 11.7 Å². The average molecular weight is 371 g/mol. The van der Waals surface area contributed by atoms with E-state index in [2.05, 4.69) is 15.5 Å². The zero-order chi connectivity index (χ0) is 18.4. The van der Waals surface area contributed by atoms with Gasteiger partial charge in [0, 0.05) is 12.1 Å². The summed E-state index contributed by atoms with van der Waals surface area (Å²) in [5.74, 6) is -0.0322. The van der Waals surface area contributed by atoms with Gasteiger partial charge in [0.25, 0.3) is 5.91 Å². The summed E-state index contributed by atoms with van der Waals surface area (Å²) in [5.41, 5.74) is 1.75. The molecule has 0 atom stereocenters. The van der Waals surface area contributed by atoms with Crippen LogP contribution in [0.15, 0.2) is 46.3 Å². The van der Waals surface area contributed by atoms with Crippen LogP contribution >= 0.6 is 11.3 Å². The van der Waals surface area contributed by atoms with Crippen molar-refractivity contribution in [3.63, 3.8) is 0 Å². The van der Waals surface area contributed by atoms with Crippen LogP contribution in [0.2, 0.25) is 0 Å². The maximum atomic E-state index is 11.8. The van der Waals surface area contributed by atoms with E-state index in [0.29, 0.717) is 17.4 Å². The van der Waals surface area contributed by atoms with Crippen LogP contribution in [-0.2, 0) is 20.7 Å². The quantitative estimate of drug-likeness (QED) is 0.641. The molecule has 0 saturated heterocycles. The summed E-state index contributed by atoms with van der Waals surface area (Å²) in [6, 6.07) is 11.1. The van der Waals surface area contributed by atoms with Crippen molar-refractivity contribution in [2.24, 2.45) is 0 Å². The average Bonchev–Trinajstić information content (AvgIpc) is 3.31. The van der Waals surface area contributed by atoms with Crippen molar-refractivity contribution in [1.29, 1.82) is 0 Å². The van der Waals surface area contributed by atoms with Gasteiger partial charge in [-0.15, -0.1) is 11.3 Å². The Hall–Kier alpha value is -3.00. The van der Waals surface area contributed by atoms with Gasteiger partial charge < -0.3 is 14.6 Å². The number of hydrogen-bond donors (Lipinski definition) is 1. The molecule has 1 aromatic carbocycles. The van der Waals surface area contributed by atoms with Gasteiger partial charge in [-0.05, 0) is 30.5 Å². The van der Waals surface area contributed by atoms with E-state index in [0.717, 1.165) is 10.4 Å². The third kappa shape index (κ3) is 5.00. The second-order valence-corrected chi connectivity index (χ2v) is 6.51. The Bertz CT molecular complexity index is 872. The molecule has 1 N–H and O–H groups in total. The molecule has 0 radical (unpaired) electrons. The fourth-order valence-corrected chi connectivity index (χ4v) is 2.77. The number of aryl methyl sites for hydroxylation is 2. The van der Waals surface area contributed by atoms with Crippen molar-refractivity contribution in [2.75, 3.05) is 11.9 Å². The van der Waals surface area contributed by atoms with E-state index >= 15 is 0 Å². The Labute approximate surface area is 154 Å². The molecule has 0 spiro atoms. The summed E-state index contributed by atoms with van der Waals surface area (Å²) in [6.07, 6.45) is 0.320. The first kappa shape index (κ1) is 17.8. The number of aromatic nitrogens is 2. The minimum Gasteiger partial charge on any atom is -0.456 e. The molecule has 134 valence electrons. The van der Waals surface area contributed by atoms with Gasteiger partial charge in [-0.3, -0.25) is 9.59 Å². The zero-order valence-electron chi connectivity index (χ0n) is 14.1. The van der Waals surface area contributed by atoms with Crippen LogP contribution in [0.4, 0.5) is 5.69 Å². The van der Waals surface area contributed by atoms with Gasteiger partial charge in [0.1, 0.15) is 0 Å². The first-order chi connectivity index (χ1) is 12.6. The third-order valence-corrected chi connectivity index (χ3v) is 4.32. The Morgan fingerprint density at radius 3 is 2.77 bits per heavy atom. The van der Waals surface area contributed by atoms with Gasteiger partial charge >= 0.3 is 5.97 Å². The van der Waals surface area contributed by atoms with Crippen molar-refractivity contribution in [3.8, 4) is 10.7 Å². The molecule has 0 bridgehead atoms. The van der Waals surface area contributed by atoms with Crippen LogP contribution in [-0.4, -0.2) is 28.6 Å². The molecule has 0 aliphatic rings. The normalized spacial score (nSPS) is 10.5. The number of hydrogen-bond acceptors (Lipinski definition) is 7. The summed E-state index contributed by atoms with van der Waals surface area (Å²) in [5, 5.41) is 8.45. The molecule has 2 heterocycles. The number of amides is 1. The number of nitrogens with zero attached hydrogens (tertiary/aromatic N) is 2. The number of ether oxygens (including phenoxy) is 1. The molecule has 7 nitrogen and oxygen atoms in total. The molecule has 1 amide bonds. The SMILES string of the molecule is Cc1ccc(NC(=O)COC(=O)CCc2nc(-c3cccs3)no2)cc1. The Morgan fingerprint density at radius 2 is 2.04 bits per heavy atom. The largest absolute Gasteiger partial charge is 0.456 e. The van der Waals surface area contributed by atoms with Gasteiger partial charge in [-0.1, -0.05) is 28.9 Å². The maximum absolute atomic E-state index is 11.8. The topological polar surface area (TPSA) is 94.3 Å². The summed E-state index contributed by atoms with van der Waals surface area (Å²) in [7, 11) is 0. The fraction of sp³-hybridized carbons (Fsp3) is 0.222. The molecule has 0 aliphatic carbocycles. The number of rotatable bonds is 7. The van der Waals surface area contributed by atoms with Crippen LogP contribution in [0.25, 0.3) is 10.7 Å². The van der Waals surface area contributed by atoms with Crippen molar-refractivity contribution in [2.45, 2.75) is 19.8 Å². The van der Waals surface area contributed by atoms with E-state index in [9.17, 15) is 9.59 Å². The highest BCUT2D eigenvalue weighted by Gasteiger charge is 2.13. The number of esters is 1. The van der Waals surface area contributed by atoms with Crippen LogP contribution in [0, 0.1) is 6.92 Å². The highest BCUT2D eigenvalue weighted by atomic mass is 32.1.